The largest absolute Gasteiger partial charge is 0.0737 e. The summed E-state index contributed by atoms with van der Waals surface area (Å²) in [6.07, 6.45) is 23.8. The molecule has 0 fully saturated rings. The highest BCUT2D eigenvalue weighted by Gasteiger charge is 2.26. The van der Waals surface area contributed by atoms with E-state index in [1.54, 1.807) is 11.1 Å². The molecule has 1 aromatic rings. The fourth-order valence-corrected chi connectivity index (χ4v) is 4.84. The highest BCUT2D eigenvalue weighted by molar-refractivity contribution is 14.1. The van der Waals surface area contributed by atoms with Gasteiger partial charge in [-0.1, -0.05) is 151 Å². The Balaban J connectivity index is 2.07. The first-order valence-electron chi connectivity index (χ1n) is 12.4. The Hall–Kier alpha value is -0.0500. The first-order valence-corrected chi connectivity index (χ1v) is 13.5. The van der Waals surface area contributed by atoms with Crippen molar-refractivity contribution in [1.82, 2.24) is 0 Å². The molecule has 0 unspecified atom stereocenters. The summed E-state index contributed by atoms with van der Waals surface area (Å²) >= 11 is 2.70. The second-order valence-electron chi connectivity index (χ2n) is 8.68. The van der Waals surface area contributed by atoms with Gasteiger partial charge in [0.1, 0.15) is 0 Å². The first kappa shape index (κ1) is 26.0. The maximum absolute atomic E-state index is 2.70. The molecule has 0 aliphatic rings. The Labute approximate surface area is 190 Å². The molecule has 0 saturated heterocycles. The molecule has 0 aliphatic heterocycles. The molecule has 0 radical (unpaired) electrons. The van der Waals surface area contributed by atoms with Crippen LogP contribution < -0.4 is 0 Å². The molecule has 0 amide bonds. The van der Waals surface area contributed by atoms with Gasteiger partial charge in [-0.25, -0.2) is 0 Å². The van der Waals surface area contributed by atoms with E-state index in [2.05, 4.69) is 67.6 Å². The van der Waals surface area contributed by atoms with Crippen LogP contribution >= 0.6 is 22.6 Å². The minimum atomic E-state index is 0.324. The minimum absolute atomic E-state index is 0.324. The van der Waals surface area contributed by atoms with Crippen LogP contribution in [0.4, 0.5) is 0 Å². The second kappa shape index (κ2) is 16.7. The third kappa shape index (κ3) is 10.6. The number of unbranched alkanes of at least 4 members (excludes halogenated alkanes) is 13. The molecule has 28 heavy (non-hydrogen) atoms. The van der Waals surface area contributed by atoms with Crippen LogP contribution in [0.25, 0.3) is 0 Å². The van der Waals surface area contributed by atoms with Gasteiger partial charge in [-0.2, -0.15) is 0 Å². The van der Waals surface area contributed by atoms with Crippen molar-refractivity contribution in [3.63, 3.8) is 0 Å². The summed E-state index contributed by atoms with van der Waals surface area (Å²) < 4.78 is 0.324. The van der Waals surface area contributed by atoms with Gasteiger partial charge in [0, 0.05) is 3.42 Å². The lowest BCUT2D eigenvalue weighted by atomic mass is 9.88. The summed E-state index contributed by atoms with van der Waals surface area (Å²) in [6.45, 7) is 6.96. The van der Waals surface area contributed by atoms with Gasteiger partial charge in [0.15, 0.2) is 0 Å². The van der Waals surface area contributed by atoms with E-state index in [1.165, 1.54) is 109 Å². The molecule has 0 atom stereocenters. The maximum atomic E-state index is 2.70. The van der Waals surface area contributed by atoms with E-state index in [9.17, 15) is 0 Å². The van der Waals surface area contributed by atoms with E-state index in [1.807, 2.05) is 0 Å². The predicted molar refractivity (Wildman–Crippen MR) is 137 cm³/mol. The molecule has 0 bridgehead atoms. The molecular formula is C27H47I. The van der Waals surface area contributed by atoms with E-state index in [0.29, 0.717) is 3.42 Å². The molecule has 0 N–H and O–H groups in total. The molecule has 1 aromatic carbocycles. The van der Waals surface area contributed by atoms with Crippen molar-refractivity contribution in [3.05, 3.63) is 35.4 Å². The highest BCUT2D eigenvalue weighted by Crippen LogP contribution is 2.40. The number of halogens is 1. The zero-order valence-electron chi connectivity index (χ0n) is 19.2. The summed E-state index contributed by atoms with van der Waals surface area (Å²) in [5, 5.41) is 0. The van der Waals surface area contributed by atoms with Crippen LogP contribution in [0, 0.1) is 0 Å². The zero-order valence-corrected chi connectivity index (χ0v) is 21.4. The van der Waals surface area contributed by atoms with Crippen molar-refractivity contribution < 1.29 is 0 Å². The summed E-state index contributed by atoms with van der Waals surface area (Å²) in [7, 11) is 0. The number of aryl methyl sites for hydroxylation is 1. The SMILES string of the molecule is CCCCCCCCCCCCCCCCc1ccccc1C(I)(CC)CC. The van der Waals surface area contributed by atoms with Crippen LogP contribution in [0.2, 0.25) is 0 Å². The number of hydrogen-bond acceptors (Lipinski definition) is 0. The number of hydrogen-bond donors (Lipinski definition) is 0. The first-order chi connectivity index (χ1) is 13.7. The smallest absolute Gasteiger partial charge is 0.0467 e. The van der Waals surface area contributed by atoms with Crippen LogP contribution in [-0.4, -0.2) is 0 Å². The lowest BCUT2D eigenvalue weighted by Gasteiger charge is -2.28. The Morgan fingerprint density at radius 1 is 0.607 bits per heavy atom. The Bertz CT molecular complexity index is 475. The third-order valence-electron chi connectivity index (χ3n) is 6.42. The van der Waals surface area contributed by atoms with Crippen LogP contribution in [0.1, 0.15) is 135 Å². The fraction of sp³-hybridized carbons (Fsp3) is 0.778. The van der Waals surface area contributed by atoms with Crippen molar-refractivity contribution in [2.75, 3.05) is 0 Å². The van der Waals surface area contributed by atoms with Gasteiger partial charge in [0.05, 0.1) is 0 Å². The van der Waals surface area contributed by atoms with Gasteiger partial charge < -0.3 is 0 Å². The Morgan fingerprint density at radius 3 is 1.50 bits per heavy atom. The van der Waals surface area contributed by atoms with Gasteiger partial charge in [0.2, 0.25) is 0 Å². The highest BCUT2D eigenvalue weighted by atomic mass is 127. The van der Waals surface area contributed by atoms with Crippen molar-refractivity contribution in [1.29, 1.82) is 0 Å². The second-order valence-corrected chi connectivity index (χ2v) is 10.7. The van der Waals surface area contributed by atoms with E-state index >= 15 is 0 Å². The molecule has 0 heterocycles. The number of rotatable bonds is 18. The summed E-state index contributed by atoms with van der Waals surface area (Å²) in [6, 6.07) is 9.20. The lowest BCUT2D eigenvalue weighted by Crippen LogP contribution is -2.17. The van der Waals surface area contributed by atoms with E-state index < -0.39 is 0 Å². The van der Waals surface area contributed by atoms with Crippen LogP contribution in [-0.2, 0) is 9.84 Å². The summed E-state index contributed by atoms with van der Waals surface area (Å²) in [5.74, 6) is 0. The van der Waals surface area contributed by atoms with Gasteiger partial charge in [0.25, 0.3) is 0 Å². The minimum Gasteiger partial charge on any atom is -0.0737 e. The lowest BCUT2D eigenvalue weighted by molar-refractivity contribution is 0.534. The van der Waals surface area contributed by atoms with E-state index in [0.717, 1.165) is 0 Å². The fourth-order valence-electron chi connectivity index (χ4n) is 4.32. The van der Waals surface area contributed by atoms with Crippen LogP contribution in [0.3, 0.4) is 0 Å². The van der Waals surface area contributed by atoms with Gasteiger partial charge in [-0.05, 0) is 36.8 Å². The van der Waals surface area contributed by atoms with Gasteiger partial charge >= 0.3 is 0 Å². The molecule has 0 spiro atoms. The van der Waals surface area contributed by atoms with Crippen LogP contribution in [0.15, 0.2) is 24.3 Å². The molecular weight excluding hydrogens is 451 g/mol. The Kier molecular flexibility index (Phi) is 15.5. The number of benzene rings is 1. The van der Waals surface area contributed by atoms with E-state index in [-0.39, 0.29) is 0 Å². The summed E-state index contributed by atoms with van der Waals surface area (Å²) in [4.78, 5) is 0. The quantitative estimate of drug-likeness (QED) is 0.107. The molecule has 0 aromatic heterocycles. The van der Waals surface area contributed by atoms with Crippen molar-refractivity contribution in [3.8, 4) is 0 Å². The van der Waals surface area contributed by atoms with Gasteiger partial charge in [-0.3, -0.25) is 0 Å². The Morgan fingerprint density at radius 2 is 1.04 bits per heavy atom. The summed E-state index contributed by atoms with van der Waals surface area (Å²) in [5.41, 5.74) is 3.19. The zero-order chi connectivity index (χ0) is 20.5. The van der Waals surface area contributed by atoms with Crippen molar-refractivity contribution >= 4 is 22.6 Å². The molecule has 1 rings (SSSR count). The number of alkyl halides is 1. The van der Waals surface area contributed by atoms with E-state index in [4.69, 9.17) is 0 Å². The third-order valence-corrected chi connectivity index (χ3v) is 8.53. The molecule has 162 valence electrons. The monoisotopic (exact) mass is 498 g/mol. The average molecular weight is 499 g/mol. The molecule has 1 heteroatoms. The van der Waals surface area contributed by atoms with Crippen molar-refractivity contribution in [2.24, 2.45) is 0 Å². The molecule has 0 saturated carbocycles. The normalized spacial score (nSPS) is 11.9. The predicted octanol–water partition coefficient (Wildman–Crippen LogP) is 10.2. The molecule has 0 aliphatic carbocycles. The average Bonchev–Trinajstić information content (AvgIpc) is 2.73. The van der Waals surface area contributed by atoms with Crippen LogP contribution in [0.5, 0.6) is 0 Å². The van der Waals surface area contributed by atoms with Gasteiger partial charge in [-0.15, -0.1) is 0 Å². The maximum Gasteiger partial charge on any atom is 0.0467 e. The van der Waals surface area contributed by atoms with Crippen molar-refractivity contribution in [2.45, 2.75) is 133 Å². The molecule has 0 nitrogen and oxygen atoms in total. The standard InChI is InChI=1S/C27H47I/c1-4-7-8-9-10-11-12-13-14-15-16-17-18-19-22-25-23-20-21-24-26(25)27(28,5-2)6-3/h20-21,23-24H,4-19,22H2,1-3H3. The topological polar surface area (TPSA) is 0 Å².